The molecule has 0 atom stereocenters. The number of hydrogen-bond acceptors (Lipinski definition) is 0. The summed E-state index contributed by atoms with van der Waals surface area (Å²) in [5.41, 5.74) is 5.23. The van der Waals surface area contributed by atoms with Gasteiger partial charge in [0.15, 0.2) is 0 Å². The van der Waals surface area contributed by atoms with Crippen LogP contribution in [0.4, 0.5) is 0 Å². The first-order valence-corrected chi connectivity index (χ1v) is 17.4. The van der Waals surface area contributed by atoms with Gasteiger partial charge in [-0.1, -0.05) is 0 Å². The van der Waals surface area contributed by atoms with Crippen LogP contribution < -0.4 is 0 Å². The molecular weight excluding hydrogens is 335 g/mol. The average molecular weight is 357 g/mol. The molecule has 0 spiro atoms. The molecule has 0 aliphatic rings. The third kappa shape index (κ3) is 4.24. The Morgan fingerprint density at radius 1 is 0.842 bits per heavy atom. The minimum atomic E-state index is -1.71. The van der Waals surface area contributed by atoms with Crippen molar-refractivity contribution in [2.45, 2.75) is 19.3 Å². The standard InChI is InChI=1S/C15H13.3CH3.Sn/c1-3-13-6-10-15(11-7-13)14-8-4-12(2)5-9-14;;;;/h3-11H,1-2H2;3*1H3;. The van der Waals surface area contributed by atoms with E-state index in [0.717, 1.165) is 0 Å². The molecular formula is C18H22Sn. The first kappa shape index (κ1) is 14.4. The van der Waals surface area contributed by atoms with E-state index in [9.17, 15) is 0 Å². The van der Waals surface area contributed by atoms with E-state index < -0.39 is 18.4 Å². The summed E-state index contributed by atoms with van der Waals surface area (Å²) in [6, 6.07) is 17.6. The van der Waals surface area contributed by atoms with E-state index in [1.807, 2.05) is 6.08 Å². The maximum atomic E-state index is 3.78. The first-order valence-electron chi connectivity index (χ1n) is 6.80. The van der Waals surface area contributed by atoms with Gasteiger partial charge in [-0.05, 0) is 0 Å². The van der Waals surface area contributed by atoms with Crippen LogP contribution in [0, 0.1) is 0 Å². The van der Waals surface area contributed by atoms with Crippen molar-refractivity contribution in [1.29, 1.82) is 0 Å². The first-order chi connectivity index (χ1) is 8.98. The second-order valence-electron chi connectivity index (χ2n) is 6.26. The van der Waals surface area contributed by atoms with Crippen molar-refractivity contribution in [2.75, 3.05) is 0 Å². The summed E-state index contributed by atoms with van der Waals surface area (Å²) in [5, 5.41) is 0. The van der Waals surface area contributed by atoms with Gasteiger partial charge in [0.05, 0.1) is 0 Å². The molecule has 0 N–H and O–H groups in total. The molecule has 2 aromatic carbocycles. The molecule has 0 saturated heterocycles. The summed E-state index contributed by atoms with van der Waals surface area (Å²) in [7, 11) is 0. The molecule has 0 heterocycles. The molecule has 0 radical (unpaired) electrons. The van der Waals surface area contributed by atoms with Gasteiger partial charge in [0.2, 0.25) is 0 Å². The van der Waals surface area contributed by atoms with E-state index in [1.165, 1.54) is 26.7 Å². The summed E-state index contributed by atoms with van der Waals surface area (Å²) in [6.07, 6.45) is 1.88. The van der Waals surface area contributed by atoms with E-state index in [1.54, 1.807) is 0 Å². The van der Waals surface area contributed by atoms with E-state index in [2.05, 4.69) is 69.9 Å². The molecule has 2 aromatic rings. The summed E-state index contributed by atoms with van der Waals surface area (Å²) < 4.78 is 1.32. The fourth-order valence-electron chi connectivity index (χ4n) is 2.24. The van der Waals surface area contributed by atoms with Crippen LogP contribution in [-0.2, 0) is 4.44 Å². The maximum absolute atomic E-state index is 3.78. The molecule has 0 saturated carbocycles. The van der Waals surface area contributed by atoms with Gasteiger partial charge in [-0.3, -0.25) is 0 Å². The van der Waals surface area contributed by atoms with Crippen LogP contribution in [0.25, 0.3) is 17.2 Å². The molecule has 0 amide bonds. The molecule has 19 heavy (non-hydrogen) atoms. The fraction of sp³-hybridized carbons (Fsp3) is 0.222. The topological polar surface area (TPSA) is 0 Å². The summed E-state index contributed by atoms with van der Waals surface area (Å²) in [5.74, 6) is 0. The van der Waals surface area contributed by atoms with Crippen LogP contribution in [0.15, 0.2) is 55.1 Å². The van der Waals surface area contributed by atoms with Crippen molar-refractivity contribution in [2.24, 2.45) is 0 Å². The quantitative estimate of drug-likeness (QED) is 0.642. The van der Waals surface area contributed by atoms with Crippen molar-refractivity contribution < 1.29 is 0 Å². The Bertz CT molecular complexity index is 542. The van der Waals surface area contributed by atoms with Crippen LogP contribution in [0.5, 0.6) is 0 Å². The zero-order chi connectivity index (χ0) is 13.9. The summed E-state index contributed by atoms with van der Waals surface area (Å²) >= 11 is -1.71. The molecule has 0 aliphatic carbocycles. The van der Waals surface area contributed by atoms with Gasteiger partial charge in [-0.15, -0.1) is 0 Å². The zero-order valence-corrected chi connectivity index (χ0v) is 15.0. The van der Waals surface area contributed by atoms with Crippen molar-refractivity contribution in [1.82, 2.24) is 0 Å². The van der Waals surface area contributed by atoms with Crippen LogP contribution in [-0.4, -0.2) is 18.4 Å². The van der Waals surface area contributed by atoms with Crippen LogP contribution in [0.1, 0.15) is 11.1 Å². The van der Waals surface area contributed by atoms with E-state index >= 15 is 0 Å². The molecule has 0 fully saturated rings. The van der Waals surface area contributed by atoms with Crippen LogP contribution >= 0.6 is 0 Å². The van der Waals surface area contributed by atoms with Crippen LogP contribution in [0.2, 0.25) is 14.8 Å². The predicted molar refractivity (Wildman–Crippen MR) is 89.0 cm³/mol. The molecule has 0 aromatic heterocycles. The number of hydrogen-bond donors (Lipinski definition) is 0. The average Bonchev–Trinajstić information content (AvgIpc) is 2.38. The van der Waals surface area contributed by atoms with Gasteiger partial charge in [0.1, 0.15) is 0 Å². The molecule has 0 bridgehead atoms. The second-order valence-corrected chi connectivity index (χ2v) is 21.9. The SMILES string of the molecule is C=Cc1ccc(-c2ccc([CH2][Sn]([CH3])([CH3])[CH3])cc2)cc1. The van der Waals surface area contributed by atoms with Crippen molar-refractivity contribution >= 4 is 24.5 Å². The molecule has 0 nitrogen and oxygen atoms in total. The van der Waals surface area contributed by atoms with Crippen molar-refractivity contribution in [3.8, 4) is 11.1 Å². The van der Waals surface area contributed by atoms with E-state index in [-0.39, 0.29) is 0 Å². The molecule has 0 aliphatic heterocycles. The second kappa shape index (κ2) is 5.96. The van der Waals surface area contributed by atoms with E-state index in [0.29, 0.717) is 0 Å². The van der Waals surface area contributed by atoms with Crippen molar-refractivity contribution in [3.05, 3.63) is 66.2 Å². The predicted octanol–water partition coefficient (Wildman–Crippen LogP) is 5.42. The molecule has 2 rings (SSSR count). The van der Waals surface area contributed by atoms with Gasteiger partial charge in [0.25, 0.3) is 0 Å². The Hall–Kier alpha value is -1.02. The molecule has 98 valence electrons. The Kier molecular flexibility index (Phi) is 4.51. The third-order valence-electron chi connectivity index (χ3n) is 3.17. The Labute approximate surface area is 121 Å². The van der Waals surface area contributed by atoms with Gasteiger partial charge < -0.3 is 0 Å². The minimum absolute atomic E-state index is 1.17. The van der Waals surface area contributed by atoms with Gasteiger partial charge in [-0.2, -0.15) is 0 Å². The number of benzene rings is 2. The Balaban J connectivity index is 2.19. The third-order valence-corrected chi connectivity index (χ3v) is 7.36. The summed E-state index contributed by atoms with van der Waals surface area (Å²) in [4.78, 5) is 7.45. The summed E-state index contributed by atoms with van der Waals surface area (Å²) in [6.45, 7) is 3.78. The van der Waals surface area contributed by atoms with Gasteiger partial charge in [-0.25, -0.2) is 0 Å². The number of rotatable bonds is 4. The van der Waals surface area contributed by atoms with Gasteiger partial charge >= 0.3 is 121 Å². The normalized spacial score (nSPS) is 11.3. The molecule has 1 heteroatoms. The Morgan fingerprint density at radius 3 is 1.74 bits per heavy atom. The molecule has 0 unspecified atom stereocenters. The van der Waals surface area contributed by atoms with Crippen LogP contribution in [0.3, 0.4) is 0 Å². The zero-order valence-electron chi connectivity index (χ0n) is 12.1. The fourth-order valence-corrected chi connectivity index (χ4v) is 6.41. The van der Waals surface area contributed by atoms with E-state index in [4.69, 9.17) is 0 Å². The van der Waals surface area contributed by atoms with Gasteiger partial charge in [0, 0.05) is 0 Å². The monoisotopic (exact) mass is 358 g/mol. The van der Waals surface area contributed by atoms with Crippen molar-refractivity contribution in [3.63, 3.8) is 0 Å². The Morgan fingerprint density at radius 2 is 1.32 bits per heavy atom.